The smallest absolute Gasteiger partial charge is 0.0540 e. The molecular weight excluding hydrogens is 362 g/mol. The van der Waals surface area contributed by atoms with Gasteiger partial charge in [-0.3, -0.25) is 0 Å². The Hall–Kier alpha value is -3.32. The molecule has 4 aromatic carbocycles. The molecule has 1 nitrogen and oxygen atoms in total. The van der Waals surface area contributed by atoms with E-state index in [4.69, 9.17) is 0 Å². The zero-order valence-corrected chi connectivity index (χ0v) is 17.9. The van der Waals surface area contributed by atoms with Crippen LogP contribution in [0.25, 0.3) is 22.3 Å². The number of benzene rings is 4. The second-order valence-corrected chi connectivity index (χ2v) is 8.70. The van der Waals surface area contributed by atoms with Gasteiger partial charge in [0.1, 0.15) is 0 Å². The third-order valence-corrected chi connectivity index (χ3v) is 6.59. The summed E-state index contributed by atoms with van der Waals surface area (Å²) in [5, 5.41) is 0. The fraction of sp³-hybridized carbons (Fsp3) is 0.172. The molecule has 1 aliphatic heterocycles. The molecule has 0 aromatic heterocycles. The Balaban J connectivity index is 1.76. The van der Waals surface area contributed by atoms with E-state index in [0.717, 1.165) is 6.42 Å². The van der Waals surface area contributed by atoms with Gasteiger partial charge in [0.15, 0.2) is 0 Å². The minimum atomic E-state index is 0.184. The van der Waals surface area contributed by atoms with Crippen LogP contribution in [0.5, 0.6) is 0 Å². The van der Waals surface area contributed by atoms with Crippen molar-refractivity contribution in [1.82, 2.24) is 0 Å². The number of hydrogen-bond acceptors (Lipinski definition) is 1. The van der Waals surface area contributed by atoms with Gasteiger partial charge in [-0.1, -0.05) is 93.6 Å². The number of nitrogens with zero attached hydrogens (tertiary/aromatic N) is 1. The molecule has 30 heavy (non-hydrogen) atoms. The van der Waals surface area contributed by atoms with Gasteiger partial charge in [0, 0.05) is 16.8 Å². The molecule has 1 aliphatic rings. The molecular formula is C29H27N. The zero-order chi connectivity index (χ0) is 20.7. The largest absolute Gasteiger partial charge is 0.309 e. The minimum Gasteiger partial charge on any atom is -0.309 e. The molecule has 0 amide bonds. The Labute approximate surface area is 179 Å². The number of anilines is 3. The number of rotatable bonds is 3. The van der Waals surface area contributed by atoms with E-state index in [1.165, 1.54) is 44.9 Å². The van der Waals surface area contributed by atoms with Gasteiger partial charge in [0.2, 0.25) is 0 Å². The summed E-state index contributed by atoms with van der Waals surface area (Å²) in [6.45, 7) is 6.89. The lowest BCUT2D eigenvalue weighted by atomic mass is 9.82. The van der Waals surface area contributed by atoms with Crippen molar-refractivity contribution in [1.29, 1.82) is 0 Å². The maximum absolute atomic E-state index is 2.41. The lowest BCUT2D eigenvalue weighted by molar-refractivity contribution is 0.506. The molecule has 0 unspecified atom stereocenters. The van der Waals surface area contributed by atoms with E-state index in [-0.39, 0.29) is 5.41 Å². The van der Waals surface area contributed by atoms with Crippen molar-refractivity contribution < 1.29 is 0 Å². The van der Waals surface area contributed by atoms with Gasteiger partial charge >= 0.3 is 0 Å². The molecule has 0 radical (unpaired) electrons. The highest BCUT2D eigenvalue weighted by Gasteiger charge is 2.26. The molecule has 0 saturated carbocycles. The minimum absolute atomic E-state index is 0.184. The molecule has 0 bridgehead atoms. The predicted molar refractivity (Wildman–Crippen MR) is 129 cm³/mol. The Morgan fingerprint density at radius 1 is 0.567 bits per heavy atom. The average Bonchev–Trinajstić information content (AvgIpc) is 2.92. The Kier molecular flexibility index (Phi) is 4.47. The van der Waals surface area contributed by atoms with E-state index in [1.54, 1.807) is 0 Å². The number of para-hydroxylation sites is 2. The van der Waals surface area contributed by atoms with Crippen LogP contribution in [-0.4, -0.2) is 0 Å². The van der Waals surface area contributed by atoms with Crippen LogP contribution in [0.2, 0.25) is 0 Å². The molecule has 1 heteroatoms. The first-order valence-electron chi connectivity index (χ1n) is 10.8. The van der Waals surface area contributed by atoms with Crippen molar-refractivity contribution in [2.24, 2.45) is 0 Å². The van der Waals surface area contributed by atoms with Crippen LogP contribution in [0.1, 0.15) is 32.8 Å². The summed E-state index contributed by atoms with van der Waals surface area (Å²) in [7, 11) is 0. The van der Waals surface area contributed by atoms with E-state index in [0.29, 0.717) is 0 Å². The van der Waals surface area contributed by atoms with E-state index in [1.807, 2.05) is 0 Å². The van der Waals surface area contributed by atoms with Crippen molar-refractivity contribution in [3.63, 3.8) is 0 Å². The maximum Gasteiger partial charge on any atom is 0.0540 e. The van der Waals surface area contributed by atoms with E-state index in [9.17, 15) is 0 Å². The average molecular weight is 390 g/mol. The first-order valence-corrected chi connectivity index (χ1v) is 10.8. The first kappa shape index (κ1) is 18.7. The van der Waals surface area contributed by atoms with Gasteiger partial charge in [-0.05, 0) is 52.8 Å². The summed E-state index contributed by atoms with van der Waals surface area (Å²) in [5.74, 6) is 0. The predicted octanol–water partition coefficient (Wildman–Crippen LogP) is 8.49. The quantitative estimate of drug-likeness (QED) is 0.299. The second-order valence-electron chi connectivity index (χ2n) is 8.70. The maximum atomic E-state index is 2.41. The van der Waals surface area contributed by atoms with E-state index >= 15 is 0 Å². The molecule has 0 aliphatic carbocycles. The highest BCUT2D eigenvalue weighted by atomic mass is 15.1. The Morgan fingerprint density at radius 2 is 1.00 bits per heavy atom. The van der Waals surface area contributed by atoms with Crippen molar-refractivity contribution in [3.8, 4) is 22.3 Å². The van der Waals surface area contributed by atoms with Crippen LogP contribution in [0, 0.1) is 0 Å². The van der Waals surface area contributed by atoms with Crippen LogP contribution in [0.15, 0.2) is 97.1 Å². The van der Waals surface area contributed by atoms with Crippen molar-refractivity contribution >= 4 is 17.1 Å². The standard InChI is InChI=1S/C29H27N/c1-4-29(2,3)21-17-19-22(20-18-21)30-27-15-9-7-13-25(27)23-11-5-6-12-24(23)26-14-8-10-16-28(26)30/h5-20H,4H2,1-3H3. The summed E-state index contributed by atoms with van der Waals surface area (Å²) < 4.78 is 0. The van der Waals surface area contributed by atoms with Crippen LogP contribution >= 0.6 is 0 Å². The first-order chi connectivity index (χ1) is 14.6. The SMILES string of the molecule is CCC(C)(C)c1ccc(N2c3ccccc3-c3ccccc3-c3ccccc32)cc1. The van der Waals surface area contributed by atoms with Gasteiger partial charge in [-0.2, -0.15) is 0 Å². The Bertz CT molecular complexity index is 1130. The summed E-state index contributed by atoms with van der Waals surface area (Å²) in [5.41, 5.74) is 10.3. The van der Waals surface area contributed by atoms with Gasteiger partial charge < -0.3 is 4.90 Å². The van der Waals surface area contributed by atoms with Gasteiger partial charge in [0.05, 0.1) is 11.4 Å². The van der Waals surface area contributed by atoms with Gasteiger partial charge in [0.25, 0.3) is 0 Å². The molecule has 0 atom stereocenters. The van der Waals surface area contributed by atoms with Crippen LogP contribution < -0.4 is 4.90 Å². The fourth-order valence-corrected chi connectivity index (χ4v) is 4.42. The summed E-state index contributed by atoms with van der Waals surface area (Å²) in [6, 6.07) is 35.4. The number of fused-ring (bicyclic) bond motifs is 5. The normalized spacial score (nSPS) is 12.6. The molecule has 148 valence electrons. The summed E-state index contributed by atoms with van der Waals surface area (Å²) in [4.78, 5) is 2.41. The number of hydrogen-bond donors (Lipinski definition) is 0. The molecule has 1 heterocycles. The van der Waals surface area contributed by atoms with Crippen LogP contribution in [-0.2, 0) is 5.41 Å². The monoisotopic (exact) mass is 389 g/mol. The van der Waals surface area contributed by atoms with Gasteiger partial charge in [-0.25, -0.2) is 0 Å². The van der Waals surface area contributed by atoms with Crippen LogP contribution in [0.3, 0.4) is 0 Å². The summed E-state index contributed by atoms with van der Waals surface area (Å²) >= 11 is 0. The molecule has 0 N–H and O–H groups in total. The van der Waals surface area contributed by atoms with E-state index < -0.39 is 0 Å². The van der Waals surface area contributed by atoms with Gasteiger partial charge in [-0.15, -0.1) is 0 Å². The molecule has 0 saturated heterocycles. The Morgan fingerprint density at radius 3 is 1.47 bits per heavy atom. The third-order valence-electron chi connectivity index (χ3n) is 6.59. The van der Waals surface area contributed by atoms with Crippen molar-refractivity contribution in [3.05, 3.63) is 103 Å². The molecule has 0 fully saturated rings. The van der Waals surface area contributed by atoms with Crippen LogP contribution in [0.4, 0.5) is 17.1 Å². The van der Waals surface area contributed by atoms with Crippen molar-refractivity contribution in [2.45, 2.75) is 32.6 Å². The summed E-state index contributed by atoms with van der Waals surface area (Å²) in [6.07, 6.45) is 1.12. The lowest BCUT2D eigenvalue weighted by Gasteiger charge is -2.29. The lowest BCUT2D eigenvalue weighted by Crippen LogP contribution is -2.16. The fourth-order valence-electron chi connectivity index (χ4n) is 4.42. The molecule has 5 rings (SSSR count). The highest BCUT2D eigenvalue weighted by molar-refractivity contribution is 6.02. The molecule has 4 aromatic rings. The van der Waals surface area contributed by atoms with Crippen molar-refractivity contribution in [2.75, 3.05) is 4.90 Å². The zero-order valence-electron chi connectivity index (χ0n) is 17.9. The third kappa shape index (κ3) is 2.93. The molecule has 0 spiro atoms. The second kappa shape index (κ2) is 7.18. The topological polar surface area (TPSA) is 3.24 Å². The highest BCUT2D eigenvalue weighted by Crippen LogP contribution is 2.50. The van der Waals surface area contributed by atoms with E-state index in [2.05, 4.69) is 123 Å².